The highest BCUT2D eigenvalue weighted by Crippen LogP contribution is 2.40. The van der Waals surface area contributed by atoms with Gasteiger partial charge in [0.1, 0.15) is 5.75 Å². The van der Waals surface area contributed by atoms with Gasteiger partial charge >= 0.3 is 0 Å². The number of rotatable bonds is 17. The van der Waals surface area contributed by atoms with E-state index in [1.54, 1.807) is 0 Å². The van der Waals surface area contributed by atoms with Crippen LogP contribution in [-0.2, 0) is 34.3 Å². The van der Waals surface area contributed by atoms with Crippen LogP contribution in [0.1, 0.15) is 48.7 Å². The average Bonchev–Trinajstić information content (AvgIpc) is 3.63. The fraction of sp³-hybridized carbons (Fsp3) is 0.462. The van der Waals surface area contributed by atoms with Crippen molar-refractivity contribution in [2.75, 3.05) is 59.7 Å². The molecule has 1 fully saturated rings. The van der Waals surface area contributed by atoms with Crippen LogP contribution in [0.3, 0.4) is 0 Å². The van der Waals surface area contributed by atoms with Gasteiger partial charge in [-0.25, -0.2) is 0 Å². The zero-order valence-corrected chi connectivity index (χ0v) is 30.7. The standard InChI is InChI=1S/C39H50BrN5O4/c1-4-48-39(46)38-32(16-9-24-49-35-17-7-12-29-11-5-6-13-30(29)35)31-14-8-15-33(37(31)44(38)19-10-18-41-3)36-28(2)45(42-34(36)27-40)21-20-43-22-25-47-26-23-43/h5-8,11-15,17,39,41,46H,4,9-10,16,18-27H2,1-3H3. The van der Waals surface area contributed by atoms with Gasteiger partial charge in [-0.3, -0.25) is 9.58 Å². The number of aromatic nitrogens is 3. The molecule has 3 aromatic carbocycles. The third-order valence-electron chi connectivity index (χ3n) is 9.58. The Kier molecular flexibility index (Phi) is 12.4. The van der Waals surface area contributed by atoms with E-state index in [0.29, 0.717) is 18.5 Å². The number of fused-ring (bicyclic) bond motifs is 2. The number of hydrogen-bond acceptors (Lipinski definition) is 7. The Bertz CT molecular complexity index is 1820. The summed E-state index contributed by atoms with van der Waals surface area (Å²) in [4.78, 5) is 2.45. The molecule has 2 N–H and O–H groups in total. The smallest absolute Gasteiger partial charge is 0.196 e. The van der Waals surface area contributed by atoms with E-state index in [-0.39, 0.29) is 0 Å². The van der Waals surface area contributed by atoms with Crippen molar-refractivity contribution in [1.29, 1.82) is 0 Å². The first-order valence-corrected chi connectivity index (χ1v) is 18.8. The summed E-state index contributed by atoms with van der Waals surface area (Å²) in [6, 6.07) is 21.1. The maximum absolute atomic E-state index is 11.6. The van der Waals surface area contributed by atoms with Gasteiger partial charge in [-0.1, -0.05) is 70.5 Å². The van der Waals surface area contributed by atoms with Gasteiger partial charge in [-0.15, -0.1) is 0 Å². The van der Waals surface area contributed by atoms with Crippen LogP contribution in [0.5, 0.6) is 5.75 Å². The molecule has 0 bridgehead atoms. The Morgan fingerprint density at radius 3 is 2.55 bits per heavy atom. The van der Waals surface area contributed by atoms with Crippen LogP contribution in [0, 0.1) is 6.92 Å². The number of para-hydroxylation sites is 1. The average molecular weight is 733 g/mol. The monoisotopic (exact) mass is 731 g/mol. The molecule has 0 saturated carbocycles. The molecule has 1 saturated heterocycles. The normalized spacial score (nSPS) is 14.6. The minimum atomic E-state index is -1.04. The molecule has 9 nitrogen and oxygen atoms in total. The molecule has 262 valence electrons. The second kappa shape index (κ2) is 17.1. The van der Waals surface area contributed by atoms with Crippen LogP contribution in [0.15, 0.2) is 60.7 Å². The van der Waals surface area contributed by atoms with Gasteiger partial charge in [0.25, 0.3) is 0 Å². The number of ether oxygens (including phenoxy) is 3. The predicted octanol–water partition coefficient (Wildman–Crippen LogP) is 6.84. The lowest BCUT2D eigenvalue weighted by Gasteiger charge is -2.26. The van der Waals surface area contributed by atoms with Crippen LogP contribution in [0.25, 0.3) is 32.8 Å². The number of hydrogen-bond donors (Lipinski definition) is 2. The highest BCUT2D eigenvalue weighted by atomic mass is 79.9. The Hall–Kier alpha value is -3.25. The lowest BCUT2D eigenvalue weighted by Crippen LogP contribution is -2.38. The molecule has 0 amide bonds. The zero-order valence-electron chi connectivity index (χ0n) is 29.1. The molecule has 6 rings (SSSR count). The van der Waals surface area contributed by atoms with Crippen molar-refractivity contribution in [3.63, 3.8) is 0 Å². The van der Waals surface area contributed by atoms with E-state index >= 15 is 0 Å². The van der Waals surface area contributed by atoms with Crippen molar-refractivity contribution in [3.05, 3.63) is 83.3 Å². The topological polar surface area (TPSA) is 85.9 Å². The Morgan fingerprint density at radius 2 is 1.76 bits per heavy atom. The molecule has 1 aliphatic rings. The van der Waals surface area contributed by atoms with Crippen molar-refractivity contribution in [2.45, 2.75) is 57.8 Å². The first-order chi connectivity index (χ1) is 24.0. The van der Waals surface area contributed by atoms with Crippen molar-refractivity contribution < 1.29 is 19.3 Å². The summed E-state index contributed by atoms with van der Waals surface area (Å²) in [5, 5.41) is 24.1. The molecule has 49 heavy (non-hydrogen) atoms. The first kappa shape index (κ1) is 35.6. The summed E-state index contributed by atoms with van der Waals surface area (Å²) in [5.74, 6) is 0.896. The number of aliphatic hydroxyl groups excluding tert-OH is 1. The first-order valence-electron chi connectivity index (χ1n) is 17.7. The Morgan fingerprint density at radius 1 is 0.980 bits per heavy atom. The number of morpholine rings is 1. The van der Waals surface area contributed by atoms with Gasteiger partial charge in [0.05, 0.1) is 43.3 Å². The zero-order chi connectivity index (χ0) is 34.2. The molecule has 3 heterocycles. The van der Waals surface area contributed by atoms with Gasteiger partial charge in [-0.05, 0) is 63.7 Å². The van der Waals surface area contributed by atoms with Crippen LogP contribution in [0.4, 0.5) is 0 Å². The number of halogens is 1. The maximum atomic E-state index is 11.6. The second-order valence-corrected chi connectivity index (χ2v) is 13.2. The van der Waals surface area contributed by atoms with Gasteiger partial charge < -0.3 is 29.2 Å². The van der Waals surface area contributed by atoms with Gasteiger partial charge in [0.15, 0.2) is 6.29 Å². The molecule has 1 unspecified atom stereocenters. The number of aryl methyl sites for hydroxylation is 2. The van der Waals surface area contributed by atoms with Crippen molar-refractivity contribution >= 4 is 37.6 Å². The van der Waals surface area contributed by atoms with E-state index in [4.69, 9.17) is 19.3 Å². The fourth-order valence-corrected chi connectivity index (χ4v) is 7.61. The number of alkyl halides is 1. The summed E-state index contributed by atoms with van der Waals surface area (Å²) in [5.41, 5.74) is 7.53. The van der Waals surface area contributed by atoms with Gasteiger partial charge in [-0.2, -0.15) is 5.10 Å². The quantitative estimate of drug-likeness (QED) is 0.0616. The van der Waals surface area contributed by atoms with E-state index in [1.807, 2.05) is 32.2 Å². The van der Waals surface area contributed by atoms with Crippen molar-refractivity contribution in [3.8, 4) is 16.9 Å². The molecule has 1 aliphatic heterocycles. The fourth-order valence-electron chi connectivity index (χ4n) is 7.21. The summed E-state index contributed by atoms with van der Waals surface area (Å²) < 4.78 is 22.3. The Balaban J connectivity index is 1.38. The Labute approximate surface area is 298 Å². The molecule has 5 aromatic rings. The summed E-state index contributed by atoms with van der Waals surface area (Å²) in [6.45, 7) is 11.9. The molecule has 0 spiro atoms. The van der Waals surface area contributed by atoms with Crippen LogP contribution < -0.4 is 10.1 Å². The van der Waals surface area contributed by atoms with Crippen molar-refractivity contribution in [2.24, 2.45) is 0 Å². The SMILES string of the molecule is CCOC(O)c1c(CCCOc2cccc3ccccc23)c2cccc(-c3c(CBr)nn(CCN4CCOCC4)c3C)c2n1CCCNC. The predicted molar refractivity (Wildman–Crippen MR) is 201 cm³/mol. The highest BCUT2D eigenvalue weighted by Gasteiger charge is 2.27. The number of aliphatic hydroxyl groups is 1. The number of benzene rings is 3. The van der Waals surface area contributed by atoms with Crippen LogP contribution >= 0.6 is 15.9 Å². The molecular weight excluding hydrogens is 682 g/mol. The largest absolute Gasteiger partial charge is 0.493 e. The third kappa shape index (κ3) is 7.90. The molecule has 0 radical (unpaired) electrons. The molecule has 0 aliphatic carbocycles. The lowest BCUT2D eigenvalue weighted by molar-refractivity contribution is -0.103. The number of nitrogens with zero attached hydrogens (tertiary/aromatic N) is 4. The van der Waals surface area contributed by atoms with E-state index in [0.717, 1.165) is 128 Å². The summed E-state index contributed by atoms with van der Waals surface area (Å²) in [6.07, 6.45) is 1.40. The lowest BCUT2D eigenvalue weighted by atomic mass is 9.98. The third-order valence-corrected chi connectivity index (χ3v) is 10.1. The molecule has 2 aromatic heterocycles. The van der Waals surface area contributed by atoms with Gasteiger partial charge in [0.2, 0.25) is 0 Å². The van der Waals surface area contributed by atoms with E-state index in [2.05, 4.69) is 84.8 Å². The second-order valence-electron chi connectivity index (χ2n) is 12.6. The highest BCUT2D eigenvalue weighted by molar-refractivity contribution is 9.08. The van der Waals surface area contributed by atoms with E-state index < -0.39 is 6.29 Å². The molecular formula is C39H50BrN5O4. The van der Waals surface area contributed by atoms with E-state index in [1.165, 1.54) is 5.39 Å². The summed E-state index contributed by atoms with van der Waals surface area (Å²) in [7, 11) is 1.98. The van der Waals surface area contributed by atoms with Crippen LogP contribution in [0.2, 0.25) is 0 Å². The molecule has 10 heteroatoms. The van der Waals surface area contributed by atoms with Crippen molar-refractivity contribution in [1.82, 2.24) is 24.6 Å². The van der Waals surface area contributed by atoms with E-state index in [9.17, 15) is 5.11 Å². The van der Waals surface area contributed by atoms with Crippen LogP contribution in [-0.4, -0.2) is 84.0 Å². The van der Waals surface area contributed by atoms with Gasteiger partial charge in [0, 0.05) is 65.7 Å². The molecule has 1 atom stereocenters. The minimum Gasteiger partial charge on any atom is -0.493 e. The minimum absolute atomic E-state index is 0.415. The number of nitrogens with one attached hydrogen (secondary N) is 1. The summed E-state index contributed by atoms with van der Waals surface area (Å²) >= 11 is 3.76. The maximum Gasteiger partial charge on any atom is 0.196 e.